The van der Waals surface area contributed by atoms with Gasteiger partial charge in [-0.15, -0.1) is 0 Å². The second kappa shape index (κ2) is 7.16. The van der Waals surface area contributed by atoms with Crippen molar-refractivity contribution in [1.82, 2.24) is 5.32 Å². The van der Waals surface area contributed by atoms with Gasteiger partial charge in [-0.25, -0.2) is 0 Å². The third-order valence-electron chi connectivity index (χ3n) is 4.50. The summed E-state index contributed by atoms with van der Waals surface area (Å²) in [6, 6.07) is 10.7. The number of aliphatic imine (C=N–C) groups is 1. The molecule has 0 spiro atoms. The fraction of sp³-hybridized carbons (Fsp3) is 0.588. The van der Waals surface area contributed by atoms with Crippen LogP contribution in [0.4, 0.5) is 0 Å². The van der Waals surface area contributed by atoms with E-state index >= 15 is 0 Å². The van der Waals surface area contributed by atoms with Crippen molar-refractivity contribution in [2.24, 2.45) is 10.4 Å². The molecule has 3 heteroatoms. The molecule has 110 valence electrons. The second-order valence-electron chi connectivity index (χ2n) is 5.81. The van der Waals surface area contributed by atoms with Crippen molar-refractivity contribution in [3.05, 3.63) is 35.9 Å². The van der Waals surface area contributed by atoms with Crippen molar-refractivity contribution >= 4 is 16.9 Å². The number of nitrogens with zero attached hydrogens (tertiary/aromatic N) is 1. The van der Waals surface area contributed by atoms with Crippen LogP contribution in [0.1, 0.15) is 45.1 Å². The maximum Gasteiger partial charge on any atom is 0.156 e. The van der Waals surface area contributed by atoms with Crippen LogP contribution in [0.15, 0.2) is 35.3 Å². The molecule has 2 rings (SSSR count). The maximum atomic E-state index is 4.76. The molecular formula is C17H26N2S. The normalized spacial score (nSPS) is 19.2. The van der Waals surface area contributed by atoms with Crippen LogP contribution in [0.3, 0.4) is 0 Å². The topological polar surface area (TPSA) is 24.4 Å². The number of thioether (sulfide) groups is 1. The zero-order chi connectivity index (χ0) is 14.4. The van der Waals surface area contributed by atoms with Crippen LogP contribution in [0, 0.1) is 5.41 Å². The number of rotatable bonds is 5. The largest absolute Gasteiger partial charge is 0.364 e. The van der Waals surface area contributed by atoms with Gasteiger partial charge in [0.05, 0.1) is 0 Å². The summed E-state index contributed by atoms with van der Waals surface area (Å²) in [5.41, 5.74) is 1.82. The first-order valence-electron chi connectivity index (χ1n) is 7.65. The minimum Gasteiger partial charge on any atom is -0.364 e. The maximum absolute atomic E-state index is 4.76. The van der Waals surface area contributed by atoms with Gasteiger partial charge in [0, 0.05) is 18.8 Å². The van der Waals surface area contributed by atoms with E-state index in [4.69, 9.17) is 4.99 Å². The molecule has 0 fully saturated rings. The predicted octanol–water partition coefficient (Wildman–Crippen LogP) is 4.29. The number of nitrogens with one attached hydrogen (secondary N) is 1. The highest BCUT2D eigenvalue weighted by Crippen LogP contribution is 2.34. The Kier molecular flexibility index (Phi) is 5.53. The molecule has 2 nitrogen and oxygen atoms in total. The molecule has 1 aromatic carbocycles. The van der Waals surface area contributed by atoms with E-state index in [0.717, 1.165) is 18.3 Å². The lowest BCUT2D eigenvalue weighted by molar-refractivity contribution is 0.318. The molecular weight excluding hydrogens is 264 g/mol. The second-order valence-corrected chi connectivity index (χ2v) is 6.77. The van der Waals surface area contributed by atoms with Crippen LogP contribution >= 0.6 is 11.8 Å². The van der Waals surface area contributed by atoms with Crippen molar-refractivity contribution in [2.45, 2.75) is 39.5 Å². The summed E-state index contributed by atoms with van der Waals surface area (Å²) in [5, 5.41) is 4.65. The van der Waals surface area contributed by atoms with Crippen molar-refractivity contribution in [2.75, 3.05) is 18.8 Å². The Morgan fingerprint density at radius 1 is 1.25 bits per heavy atom. The van der Waals surface area contributed by atoms with Gasteiger partial charge in [-0.3, -0.25) is 4.99 Å². The molecule has 20 heavy (non-hydrogen) atoms. The Morgan fingerprint density at radius 2 is 1.95 bits per heavy atom. The third-order valence-corrected chi connectivity index (χ3v) is 5.80. The smallest absolute Gasteiger partial charge is 0.156 e. The van der Waals surface area contributed by atoms with Crippen molar-refractivity contribution in [1.29, 1.82) is 0 Å². The van der Waals surface area contributed by atoms with E-state index < -0.39 is 0 Å². The average Bonchev–Trinajstić information content (AvgIpc) is 2.54. The summed E-state index contributed by atoms with van der Waals surface area (Å²) in [6.07, 6.45) is 2.46. The summed E-state index contributed by atoms with van der Waals surface area (Å²) in [4.78, 5) is 4.76. The zero-order valence-corrected chi connectivity index (χ0v) is 13.7. The SMILES string of the molecule is CCC1(CC)CN=C(NCC(C)c2ccccc2)SC1. The van der Waals surface area contributed by atoms with Gasteiger partial charge in [-0.1, -0.05) is 62.9 Å². The van der Waals surface area contributed by atoms with E-state index in [1.165, 1.54) is 24.2 Å². The zero-order valence-electron chi connectivity index (χ0n) is 12.9. The van der Waals surface area contributed by atoms with Crippen LogP contribution in [0.2, 0.25) is 0 Å². The number of benzene rings is 1. The van der Waals surface area contributed by atoms with Crippen molar-refractivity contribution < 1.29 is 0 Å². The van der Waals surface area contributed by atoms with Crippen LogP contribution in [0.5, 0.6) is 0 Å². The first kappa shape index (κ1) is 15.4. The van der Waals surface area contributed by atoms with E-state index in [0.29, 0.717) is 11.3 Å². The molecule has 0 amide bonds. The number of hydrogen-bond donors (Lipinski definition) is 1. The van der Waals surface area contributed by atoms with Crippen molar-refractivity contribution in [3.63, 3.8) is 0 Å². The molecule has 1 aliphatic heterocycles. The summed E-state index contributed by atoms with van der Waals surface area (Å²) in [7, 11) is 0. The fourth-order valence-electron chi connectivity index (χ4n) is 2.48. The van der Waals surface area contributed by atoms with Gasteiger partial charge in [0.2, 0.25) is 0 Å². The first-order valence-corrected chi connectivity index (χ1v) is 8.64. The van der Waals surface area contributed by atoms with E-state index in [1.54, 1.807) is 0 Å². The molecule has 0 radical (unpaired) electrons. The van der Waals surface area contributed by atoms with Crippen LogP contribution < -0.4 is 5.32 Å². The predicted molar refractivity (Wildman–Crippen MR) is 90.6 cm³/mol. The lowest BCUT2D eigenvalue weighted by Gasteiger charge is -2.33. The lowest BCUT2D eigenvalue weighted by atomic mass is 9.84. The molecule has 0 saturated carbocycles. The Labute approximate surface area is 127 Å². The van der Waals surface area contributed by atoms with Gasteiger partial charge < -0.3 is 5.32 Å². The highest BCUT2D eigenvalue weighted by molar-refractivity contribution is 8.13. The summed E-state index contributed by atoms with van der Waals surface area (Å²) in [5.74, 6) is 1.72. The van der Waals surface area contributed by atoms with Crippen LogP contribution in [-0.4, -0.2) is 24.0 Å². The summed E-state index contributed by atoms with van der Waals surface area (Å²) in [6.45, 7) is 8.78. The summed E-state index contributed by atoms with van der Waals surface area (Å²) >= 11 is 1.90. The fourth-order valence-corrected chi connectivity index (χ4v) is 3.76. The monoisotopic (exact) mass is 290 g/mol. The Hall–Kier alpha value is -0.960. The van der Waals surface area contributed by atoms with Crippen LogP contribution in [-0.2, 0) is 0 Å². The molecule has 0 bridgehead atoms. The Morgan fingerprint density at radius 3 is 2.50 bits per heavy atom. The van der Waals surface area contributed by atoms with Gasteiger partial charge in [0.15, 0.2) is 5.17 Å². The minimum absolute atomic E-state index is 0.431. The van der Waals surface area contributed by atoms with Crippen molar-refractivity contribution in [3.8, 4) is 0 Å². The molecule has 1 N–H and O–H groups in total. The summed E-state index contributed by atoms with van der Waals surface area (Å²) < 4.78 is 0. The van der Waals surface area contributed by atoms with Gasteiger partial charge in [0.25, 0.3) is 0 Å². The number of amidine groups is 1. The van der Waals surface area contributed by atoms with Gasteiger partial charge in [0.1, 0.15) is 0 Å². The highest BCUT2D eigenvalue weighted by Gasteiger charge is 2.30. The molecule has 0 saturated heterocycles. The highest BCUT2D eigenvalue weighted by atomic mass is 32.2. The molecule has 0 aromatic heterocycles. The number of hydrogen-bond acceptors (Lipinski definition) is 3. The minimum atomic E-state index is 0.431. The Bertz CT molecular complexity index is 438. The average molecular weight is 290 g/mol. The van der Waals surface area contributed by atoms with E-state index in [9.17, 15) is 0 Å². The Balaban J connectivity index is 1.85. The molecule has 1 aromatic rings. The molecule has 0 aliphatic carbocycles. The molecule has 1 unspecified atom stereocenters. The van der Waals surface area contributed by atoms with E-state index in [2.05, 4.69) is 56.4 Å². The van der Waals surface area contributed by atoms with Gasteiger partial charge >= 0.3 is 0 Å². The standard InChI is InChI=1S/C17H26N2S/c1-4-17(5-2)12-19-16(20-13-17)18-11-14(3)15-9-7-6-8-10-15/h6-10,14H,4-5,11-13H2,1-3H3,(H,18,19). The molecule has 1 aliphatic rings. The lowest BCUT2D eigenvalue weighted by Crippen LogP contribution is -2.35. The van der Waals surface area contributed by atoms with E-state index in [1.807, 2.05) is 11.8 Å². The van der Waals surface area contributed by atoms with Gasteiger partial charge in [-0.2, -0.15) is 0 Å². The van der Waals surface area contributed by atoms with E-state index in [-0.39, 0.29) is 0 Å². The van der Waals surface area contributed by atoms with Gasteiger partial charge in [-0.05, 0) is 29.7 Å². The molecule has 1 atom stereocenters. The quantitative estimate of drug-likeness (QED) is 0.875. The first-order chi connectivity index (χ1) is 9.69. The third kappa shape index (κ3) is 3.78. The van der Waals surface area contributed by atoms with Crippen LogP contribution in [0.25, 0.3) is 0 Å². The molecule has 1 heterocycles.